The Hall–Kier alpha value is -1.86. The van der Waals surface area contributed by atoms with E-state index in [0.717, 1.165) is 12.1 Å². The lowest BCUT2D eigenvalue weighted by Gasteiger charge is -2.40. The molecule has 1 atom stereocenters. The van der Waals surface area contributed by atoms with Crippen molar-refractivity contribution >= 4 is 5.91 Å². The third-order valence-corrected chi connectivity index (χ3v) is 5.14. The molecular weight excluding hydrogens is 351 g/mol. The SMILES string of the molecule is CCOc1ccc(CN2CCCC(F)(C(=O)N3CCOCC3)C2)cc1OC. The molecule has 1 unspecified atom stereocenters. The van der Waals surface area contributed by atoms with Crippen molar-refractivity contribution in [3.63, 3.8) is 0 Å². The van der Waals surface area contributed by atoms with E-state index >= 15 is 4.39 Å². The number of nitrogens with zero attached hydrogens (tertiary/aromatic N) is 2. The second-order valence-electron chi connectivity index (χ2n) is 7.10. The molecule has 0 bridgehead atoms. The number of halogens is 1. The second kappa shape index (κ2) is 8.89. The maximum Gasteiger partial charge on any atom is 0.261 e. The Balaban J connectivity index is 1.66. The molecule has 3 rings (SSSR count). The van der Waals surface area contributed by atoms with Gasteiger partial charge >= 0.3 is 0 Å². The molecule has 2 fully saturated rings. The van der Waals surface area contributed by atoms with Crippen LogP contribution in [0.1, 0.15) is 25.3 Å². The van der Waals surface area contributed by atoms with Gasteiger partial charge in [-0.25, -0.2) is 4.39 Å². The molecule has 0 radical (unpaired) electrons. The molecular formula is C20H29FN2O4. The Kier molecular flexibility index (Phi) is 6.55. The molecule has 0 aromatic heterocycles. The molecule has 0 N–H and O–H groups in total. The highest BCUT2D eigenvalue weighted by Crippen LogP contribution is 2.31. The summed E-state index contributed by atoms with van der Waals surface area (Å²) in [4.78, 5) is 16.3. The zero-order valence-corrected chi connectivity index (χ0v) is 16.2. The minimum absolute atomic E-state index is 0.124. The fourth-order valence-corrected chi connectivity index (χ4v) is 3.80. The van der Waals surface area contributed by atoms with Crippen molar-refractivity contribution in [1.82, 2.24) is 9.80 Å². The number of hydrogen-bond acceptors (Lipinski definition) is 5. The topological polar surface area (TPSA) is 51.2 Å². The van der Waals surface area contributed by atoms with E-state index < -0.39 is 5.67 Å². The van der Waals surface area contributed by atoms with Crippen LogP contribution in [0.15, 0.2) is 18.2 Å². The number of likely N-dealkylation sites (tertiary alicyclic amines) is 1. The van der Waals surface area contributed by atoms with Crippen LogP contribution in [0.3, 0.4) is 0 Å². The number of methoxy groups -OCH3 is 1. The molecule has 150 valence electrons. The molecule has 7 heteroatoms. The van der Waals surface area contributed by atoms with E-state index in [-0.39, 0.29) is 18.9 Å². The van der Waals surface area contributed by atoms with Crippen LogP contribution in [0, 0.1) is 0 Å². The summed E-state index contributed by atoms with van der Waals surface area (Å²) < 4.78 is 31.7. The Labute approximate surface area is 160 Å². The Bertz CT molecular complexity index is 651. The van der Waals surface area contributed by atoms with Gasteiger partial charge in [0.05, 0.1) is 26.9 Å². The van der Waals surface area contributed by atoms with Crippen LogP contribution in [0.25, 0.3) is 0 Å². The lowest BCUT2D eigenvalue weighted by molar-refractivity contribution is -0.152. The molecule has 2 saturated heterocycles. The molecule has 1 aromatic carbocycles. The van der Waals surface area contributed by atoms with Crippen LogP contribution in [-0.2, 0) is 16.1 Å². The highest BCUT2D eigenvalue weighted by molar-refractivity contribution is 5.85. The van der Waals surface area contributed by atoms with Crippen molar-refractivity contribution in [2.24, 2.45) is 0 Å². The summed E-state index contributed by atoms with van der Waals surface area (Å²) in [6.45, 7) is 5.88. The summed E-state index contributed by atoms with van der Waals surface area (Å²) in [6, 6.07) is 5.76. The molecule has 0 spiro atoms. The van der Waals surface area contributed by atoms with Crippen molar-refractivity contribution < 1.29 is 23.4 Å². The number of benzene rings is 1. The van der Waals surface area contributed by atoms with Crippen LogP contribution in [0.4, 0.5) is 4.39 Å². The monoisotopic (exact) mass is 380 g/mol. The Morgan fingerprint density at radius 1 is 1.26 bits per heavy atom. The summed E-state index contributed by atoms with van der Waals surface area (Å²) in [5.74, 6) is 0.978. The van der Waals surface area contributed by atoms with Gasteiger partial charge in [0.15, 0.2) is 11.5 Å². The number of alkyl halides is 1. The quantitative estimate of drug-likeness (QED) is 0.758. The minimum Gasteiger partial charge on any atom is -0.493 e. The van der Waals surface area contributed by atoms with Gasteiger partial charge in [-0.3, -0.25) is 9.69 Å². The van der Waals surface area contributed by atoms with Crippen molar-refractivity contribution in [1.29, 1.82) is 0 Å². The first-order valence-electron chi connectivity index (χ1n) is 9.64. The zero-order chi connectivity index (χ0) is 19.3. The van der Waals surface area contributed by atoms with Crippen LogP contribution in [-0.4, -0.2) is 74.5 Å². The predicted octanol–water partition coefficient (Wildman–Crippen LogP) is 2.26. The summed E-state index contributed by atoms with van der Waals surface area (Å²) >= 11 is 0. The maximum atomic E-state index is 15.5. The van der Waals surface area contributed by atoms with Gasteiger partial charge in [-0.05, 0) is 44.0 Å². The molecule has 1 amide bonds. The summed E-state index contributed by atoms with van der Waals surface area (Å²) in [5.41, 5.74) is -0.802. The van der Waals surface area contributed by atoms with Gasteiger partial charge < -0.3 is 19.1 Å². The molecule has 0 aliphatic carbocycles. The number of carbonyl (C=O) groups is 1. The molecule has 0 saturated carbocycles. The van der Waals surface area contributed by atoms with Crippen molar-refractivity contribution in [3.05, 3.63) is 23.8 Å². The van der Waals surface area contributed by atoms with Gasteiger partial charge in [-0.1, -0.05) is 6.07 Å². The van der Waals surface area contributed by atoms with E-state index in [1.54, 1.807) is 12.0 Å². The summed E-state index contributed by atoms with van der Waals surface area (Å²) in [7, 11) is 1.61. The van der Waals surface area contributed by atoms with E-state index in [1.807, 2.05) is 30.0 Å². The number of piperidine rings is 1. The number of carbonyl (C=O) groups excluding carboxylic acids is 1. The predicted molar refractivity (Wildman–Crippen MR) is 99.9 cm³/mol. The third-order valence-electron chi connectivity index (χ3n) is 5.14. The first kappa shape index (κ1) is 19.9. The fourth-order valence-electron chi connectivity index (χ4n) is 3.80. The fraction of sp³-hybridized carbons (Fsp3) is 0.650. The van der Waals surface area contributed by atoms with Crippen LogP contribution in [0.2, 0.25) is 0 Å². The minimum atomic E-state index is -1.81. The van der Waals surface area contributed by atoms with Gasteiger partial charge in [0, 0.05) is 26.2 Å². The zero-order valence-electron chi connectivity index (χ0n) is 16.2. The van der Waals surface area contributed by atoms with E-state index in [4.69, 9.17) is 14.2 Å². The lowest BCUT2D eigenvalue weighted by atomic mass is 9.92. The average molecular weight is 380 g/mol. The summed E-state index contributed by atoms with van der Waals surface area (Å²) in [6.07, 6.45) is 0.951. The normalized spacial score (nSPS) is 23.9. The number of ether oxygens (including phenoxy) is 3. The first-order chi connectivity index (χ1) is 13.1. The smallest absolute Gasteiger partial charge is 0.261 e. The Morgan fingerprint density at radius 2 is 2.04 bits per heavy atom. The van der Waals surface area contributed by atoms with Gasteiger partial charge in [0.1, 0.15) is 0 Å². The van der Waals surface area contributed by atoms with Crippen LogP contribution >= 0.6 is 0 Å². The maximum absolute atomic E-state index is 15.5. The van der Waals surface area contributed by atoms with Crippen molar-refractivity contribution in [3.8, 4) is 11.5 Å². The number of hydrogen-bond donors (Lipinski definition) is 0. The van der Waals surface area contributed by atoms with Gasteiger partial charge in [-0.15, -0.1) is 0 Å². The molecule has 2 heterocycles. The third kappa shape index (κ3) is 4.71. The van der Waals surface area contributed by atoms with Crippen molar-refractivity contribution in [2.45, 2.75) is 32.0 Å². The number of amides is 1. The van der Waals surface area contributed by atoms with E-state index in [9.17, 15) is 4.79 Å². The highest BCUT2D eigenvalue weighted by atomic mass is 19.1. The van der Waals surface area contributed by atoms with Crippen LogP contribution in [0.5, 0.6) is 11.5 Å². The van der Waals surface area contributed by atoms with Crippen LogP contribution < -0.4 is 9.47 Å². The lowest BCUT2D eigenvalue weighted by Crippen LogP contribution is -2.57. The largest absolute Gasteiger partial charge is 0.493 e. The molecule has 2 aliphatic rings. The standard InChI is InChI=1S/C20H29FN2O4/c1-3-27-17-6-5-16(13-18(17)25-2)14-22-8-4-7-20(21,15-22)19(24)23-9-11-26-12-10-23/h5-6,13H,3-4,7-12,14-15H2,1-2H3. The van der Waals surface area contributed by atoms with E-state index in [0.29, 0.717) is 57.4 Å². The van der Waals surface area contributed by atoms with Crippen molar-refractivity contribution in [2.75, 3.05) is 53.1 Å². The molecule has 1 aromatic rings. The molecule has 27 heavy (non-hydrogen) atoms. The van der Waals surface area contributed by atoms with Gasteiger partial charge in [-0.2, -0.15) is 0 Å². The molecule has 2 aliphatic heterocycles. The van der Waals surface area contributed by atoms with Gasteiger partial charge in [0.25, 0.3) is 5.91 Å². The Morgan fingerprint density at radius 3 is 2.74 bits per heavy atom. The van der Waals surface area contributed by atoms with E-state index in [2.05, 4.69) is 0 Å². The first-order valence-corrected chi connectivity index (χ1v) is 9.64. The van der Waals surface area contributed by atoms with Gasteiger partial charge in [0.2, 0.25) is 5.67 Å². The average Bonchev–Trinajstić information content (AvgIpc) is 2.69. The number of morpholine rings is 1. The second-order valence-corrected chi connectivity index (χ2v) is 7.10. The summed E-state index contributed by atoms with van der Waals surface area (Å²) in [5, 5.41) is 0. The highest BCUT2D eigenvalue weighted by Gasteiger charge is 2.45. The number of rotatable bonds is 6. The van der Waals surface area contributed by atoms with E-state index in [1.165, 1.54) is 0 Å². The molecule has 6 nitrogen and oxygen atoms in total.